The lowest BCUT2D eigenvalue weighted by molar-refractivity contribution is 0.470. The number of benzene rings is 2. The summed E-state index contributed by atoms with van der Waals surface area (Å²) in [7, 11) is 0. The normalized spacial score (nSPS) is 8.93. The van der Waals surface area contributed by atoms with Crippen molar-refractivity contribution < 1.29 is 5.11 Å². The van der Waals surface area contributed by atoms with E-state index in [1.165, 1.54) is 0 Å². The molecular weight excluding hydrogens is 184 g/mol. The Morgan fingerprint density at radius 1 is 0.733 bits per heavy atom. The lowest BCUT2D eigenvalue weighted by atomic mass is 10.1. The molecule has 0 radical (unpaired) electrons. The summed E-state index contributed by atoms with van der Waals surface area (Å²) in [6, 6.07) is 17.5. The number of phenols is 1. The van der Waals surface area contributed by atoms with Gasteiger partial charge < -0.3 is 5.11 Å². The van der Waals surface area contributed by atoms with E-state index in [0.29, 0.717) is 5.75 Å². The highest BCUT2D eigenvalue weighted by Crippen LogP contribution is 2.17. The van der Waals surface area contributed by atoms with Gasteiger partial charge in [-0.15, -0.1) is 0 Å². The third-order valence-electron chi connectivity index (χ3n) is 2.24. The number of phenolic OH excluding ortho intramolecular Hbond substituents is 1. The molecule has 15 heavy (non-hydrogen) atoms. The minimum absolute atomic E-state index is 0.384. The molecule has 0 heterocycles. The summed E-state index contributed by atoms with van der Waals surface area (Å²) in [4.78, 5) is 0. The van der Waals surface area contributed by atoms with Crippen molar-refractivity contribution in [3.63, 3.8) is 0 Å². The monoisotopic (exact) mass is 200 g/mol. The molecule has 0 aliphatic rings. The topological polar surface area (TPSA) is 20.2 Å². The van der Waals surface area contributed by atoms with Crippen LogP contribution < -0.4 is 0 Å². The van der Waals surface area contributed by atoms with E-state index < -0.39 is 0 Å². The van der Waals surface area contributed by atoms with Gasteiger partial charge in [0.1, 0.15) is 5.75 Å². The van der Waals surface area contributed by atoms with Crippen LogP contribution in [0.3, 0.4) is 0 Å². The molecule has 0 saturated carbocycles. The second-order valence-corrected chi connectivity index (χ2v) is 3.37. The van der Waals surface area contributed by atoms with Gasteiger partial charge in [0.05, 0.1) is 0 Å². The molecule has 1 heteroatoms. The van der Waals surface area contributed by atoms with E-state index in [-0.39, 0.29) is 0 Å². The first kappa shape index (κ1) is 11.3. The summed E-state index contributed by atoms with van der Waals surface area (Å²) >= 11 is 0. The van der Waals surface area contributed by atoms with Crippen LogP contribution in [0.4, 0.5) is 0 Å². The van der Waals surface area contributed by atoms with Crippen molar-refractivity contribution in [2.45, 2.75) is 13.8 Å². The van der Waals surface area contributed by atoms with Crippen molar-refractivity contribution in [2.24, 2.45) is 0 Å². The molecule has 1 N–H and O–H groups in total. The maximum absolute atomic E-state index is 9.10. The summed E-state index contributed by atoms with van der Waals surface area (Å²) in [6.07, 6.45) is 0. The average Bonchev–Trinajstić information content (AvgIpc) is 2.29. The summed E-state index contributed by atoms with van der Waals surface area (Å²) in [5.41, 5.74) is 2.10. The zero-order valence-corrected chi connectivity index (χ0v) is 9.14. The third kappa shape index (κ3) is 3.86. The highest BCUT2D eigenvalue weighted by atomic mass is 16.3. The quantitative estimate of drug-likeness (QED) is 0.687. The predicted molar refractivity (Wildman–Crippen MR) is 64.0 cm³/mol. The van der Waals surface area contributed by atoms with Gasteiger partial charge in [0, 0.05) is 0 Å². The maximum Gasteiger partial charge on any atom is 0.118 e. The Morgan fingerprint density at radius 3 is 1.53 bits per heavy atom. The van der Waals surface area contributed by atoms with E-state index in [0.717, 1.165) is 11.1 Å². The molecule has 0 unspecified atom stereocenters. The van der Waals surface area contributed by atoms with E-state index >= 15 is 0 Å². The van der Waals surface area contributed by atoms with Gasteiger partial charge in [-0.25, -0.2) is 0 Å². The van der Waals surface area contributed by atoms with Crippen molar-refractivity contribution in [1.82, 2.24) is 0 Å². The minimum Gasteiger partial charge on any atom is -0.508 e. The molecule has 0 amide bonds. The second-order valence-electron chi connectivity index (χ2n) is 3.37. The number of rotatable bonds is 0. The fraction of sp³-hybridized carbons (Fsp3) is 0.143. The van der Waals surface area contributed by atoms with Gasteiger partial charge in [-0.3, -0.25) is 0 Å². The van der Waals surface area contributed by atoms with Gasteiger partial charge in [-0.1, -0.05) is 48.5 Å². The summed E-state index contributed by atoms with van der Waals surface area (Å²) < 4.78 is 0. The smallest absolute Gasteiger partial charge is 0.118 e. The minimum atomic E-state index is 0.384. The Hall–Kier alpha value is -1.76. The van der Waals surface area contributed by atoms with Crippen LogP contribution in [0.2, 0.25) is 0 Å². The number of aromatic hydroxyl groups is 1. The van der Waals surface area contributed by atoms with Crippen molar-refractivity contribution >= 4 is 0 Å². The number of hydrogen-bond acceptors (Lipinski definition) is 1. The van der Waals surface area contributed by atoms with Crippen LogP contribution in [-0.4, -0.2) is 5.11 Å². The molecule has 0 atom stereocenters. The molecular formula is C14H16O. The molecule has 0 aromatic heterocycles. The molecule has 0 bridgehead atoms. The van der Waals surface area contributed by atoms with Crippen LogP contribution in [-0.2, 0) is 0 Å². The van der Waals surface area contributed by atoms with Gasteiger partial charge in [0.15, 0.2) is 0 Å². The van der Waals surface area contributed by atoms with Gasteiger partial charge in [-0.05, 0) is 31.0 Å². The molecule has 0 aliphatic heterocycles. The van der Waals surface area contributed by atoms with Crippen LogP contribution in [0, 0.1) is 13.8 Å². The lowest BCUT2D eigenvalue weighted by Gasteiger charge is -1.99. The van der Waals surface area contributed by atoms with Gasteiger partial charge in [0.25, 0.3) is 0 Å². The molecule has 2 aromatic carbocycles. The molecule has 0 spiro atoms. The zero-order valence-electron chi connectivity index (χ0n) is 9.14. The van der Waals surface area contributed by atoms with Crippen molar-refractivity contribution in [3.8, 4) is 5.75 Å². The Kier molecular flexibility index (Phi) is 4.42. The molecule has 0 saturated heterocycles. The second kappa shape index (κ2) is 5.86. The first-order valence-corrected chi connectivity index (χ1v) is 4.97. The SMILES string of the molecule is Cc1cccc(O)c1C.c1ccccc1. The van der Waals surface area contributed by atoms with E-state index in [1.54, 1.807) is 6.07 Å². The third-order valence-corrected chi connectivity index (χ3v) is 2.24. The Morgan fingerprint density at radius 2 is 1.20 bits per heavy atom. The fourth-order valence-electron chi connectivity index (χ4n) is 1.12. The standard InChI is InChI=1S/C8H10O.C6H6/c1-6-4-3-5-8(9)7(6)2;1-2-4-6-5-3-1/h3-5,9H,1-2H3;1-6H. The van der Waals surface area contributed by atoms with E-state index in [4.69, 9.17) is 5.11 Å². The van der Waals surface area contributed by atoms with Gasteiger partial charge in [0.2, 0.25) is 0 Å². The van der Waals surface area contributed by atoms with E-state index in [9.17, 15) is 0 Å². The first-order valence-electron chi connectivity index (χ1n) is 4.97. The van der Waals surface area contributed by atoms with Crippen LogP contribution in [0.15, 0.2) is 54.6 Å². The van der Waals surface area contributed by atoms with Crippen LogP contribution in [0.25, 0.3) is 0 Å². The maximum atomic E-state index is 9.10. The molecule has 78 valence electrons. The predicted octanol–water partition coefficient (Wildman–Crippen LogP) is 3.70. The first-order chi connectivity index (χ1) is 7.22. The van der Waals surface area contributed by atoms with Gasteiger partial charge in [-0.2, -0.15) is 0 Å². The Bertz CT molecular complexity index is 346. The summed E-state index contributed by atoms with van der Waals surface area (Å²) in [6.45, 7) is 3.89. The largest absolute Gasteiger partial charge is 0.508 e. The molecule has 2 aromatic rings. The van der Waals surface area contributed by atoms with Crippen LogP contribution >= 0.6 is 0 Å². The van der Waals surface area contributed by atoms with Crippen molar-refractivity contribution in [2.75, 3.05) is 0 Å². The highest BCUT2D eigenvalue weighted by molar-refractivity contribution is 5.36. The number of hydrogen-bond donors (Lipinski definition) is 1. The Balaban J connectivity index is 0.000000162. The molecule has 1 nitrogen and oxygen atoms in total. The molecule has 0 fully saturated rings. The van der Waals surface area contributed by atoms with E-state index in [2.05, 4.69) is 0 Å². The van der Waals surface area contributed by atoms with E-state index in [1.807, 2.05) is 62.4 Å². The number of aryl methyl sites for hydroxylation is 1. The van der Waals surface area contributed by atoms with Crippen LogP contribution in [0.5, 0.6) is 5.75 Å². The van der Waals surface area contributed by atoms with Crippen molar-refractivity contribution in [3.05, 3.63) is 65.7 Å². The average molecular weight is 200 g/mol. The Labute approximate surface area is 91.0 Å². The highest BCUT2D eigenvalue weighted by Gasteiger charge is 1.94. The fourth-order valence-corrected chi connectivity index (χ4v) is 1.12. The van der Waals surface area contributed by atoms with Crippen molar-refractivity contribution in [1.29, 1.82) is 0 Å². The molecule has 2 rings (SSSR count). The van der Waals surface area contributed by atoms with Gasteiger partial charge >= 0.3 is 0 Å². The summed E-state index contributed by atoms with van der Waals surface area (Å²) in [5.74, 6) is 0.384. The molecule has 0 aliphatic carbocycles. The summed E-state index contributed by atoms with van der Waals surface area (Å²) in [5, 5.41) is 9.10. The lowest BCUT2D eigenvalue weighted by Crippen LogP contribution is -1.78. The zero-order chi connectivity index (χ0) is 11.1. The van der Waals surface area contributed by atoms with Crippen LogP contribution in [0.1, 0.15) is 11.1 Å².